The van der Waals surface area contributed by atoms with Crippen LogP contribution in [0, 0.1) is 5.92 Å². The van der Waals surface area contributed by atoms with E-state index in [-0.39, 0.29) is 23.9 Å². The summed E-state index contributed by atoms with van der Waals surface area (Å²) >= 11 is 0. The number of aromatic nitrogens is 1. The van der Waals surface area contributed by atoms with Gasteiger partial charge in [-0.2, -0.15) is 0 Å². The van der Waals surface area contributed by atoms with E-state index in [1.165, 1.54) is 0 Å². The molecule has 8 nitrogen and oxygen atoms in total. The molecule has 1 atom stereocenters. The first kappa shape index (κ1) is 19.7. The van der Waals surface area contributed by atoms with Gasteiger partial charge in [-0.05, 0) is 37.1 Å². The van der Waals surface area contributed by atoms with Gasteiger partial charge in [-0.25, -0.2) is 4.79 Å². The Morgan fingerprint density at radius 3 is 2.75 bits per heavy atom. The van der Waals surface area contributed by atoms with Gasteiger partial charge in [0.2, 0.25) is 5.91 Å². The Morgan fingerprint density at radius 1 is 1.25 bits per heavy atom. The highest BCUT2D eigenvalue weighted by Crippen LogP contribution is 2.30. The van der Waals surface area contributed by atoms with E-state index in [0.717, 1.165) is 10.9 Å². The van der Waals surface area contributed by atoms with E-state index >= 15 is 0 Å². The molecule has 3 rings (SSSR count). The topological polar surface area (TPSA) is 104 Å². The molecule has 2 aromatic rings. The minimum absolute atomic E-state index is 0.0449. The molecule has 1 aromatic heterocycles. The van der Waals surface area contributed by atoms with Gasteiger partial charge in [-0.1, -0.05) is 13.8 Å². The molecule has 0 aliphatic carbocycles. The molecule has 1 aliphatic rings. The van der Waals surface area contributed by atoms with Gasteiger partial charge in [-0.15, -0.1) is 0 Å². The van der Waals surface area contributed by atoms with Crippen molar-refractivity contribution in [1.82, 2.24) is 20.5 Å². The molecule has 4 N–H and O–H groups in total. The Bertz CT molecular complexity index is 903. The van der Waals surface area contributed by atoms with E-state index in [4.69, 9.17) is 0 Å². The number of nitrogens with one attached hydrogen (secondary N) is 4. The van der Waals surface area contributed by atoms with Gasteiger partial charge in [0.05, 0.1) is 6.04 Å². The number of hydrogen-bond acceptors (Lipinski definition) is 3. The normalized spacial score (nSPS) is 15.9. The molecule has 28 heavy (non-hydrogen) atoms. The quantitative estimate of drug-likeness (QED) is 0.613. The third-order valence-electron chi connectivity index (χ3n) is 4.66. The number of hydrogen-bond donors (Lipinski definition) is 4. The summed E-state index contributed by atoms with van der Waals surface area (Å²) in [7, 11) is 0. The number of carbonyl (C=O) groups is 3. The molecule has 1 aliphatic heterocycles. The summed E-state index contributed by atoms with van der Waals surface area (Å²) in [6.45, 7) is 7.51. The average Bonchev–Trinajstić information content (AvgIpc) is 3.02. The van der Waals surface area contributed by atoms with Crippen LogP contribution in [0.3, 0.4) is 0 Å². The van der Waals surface area contributed by atoms with Crippen molar-refractivity contribution in [2.24, 2.45) is 5.92 Å². The molecule has 1 unspecified atom stereocenters. The summed E-state index contributed by atoms with van der Waals surface area (Å²) in [6.07, 6.45) is 0.294. The van der Waals surface area contributed by atoms with E-state index in [0.29, 0.717) is 43.4 Å². The first-order chi connectivity index (χ1) is 13.4. The third-order valence-corrected chi connectivity index (χ3v) is 4.66. The second kappa shape index (κ2) is 8.33. The van der Waals surface area contributed by atoms with Gasteiger partial charge in [0.15, 0.2) is 0 Å². The smallest absolute Gasteiger partial charge is 0.319 e. The molecule has 4 amide bonds. The SMILES string of the molecule is CCNC(=O)CC1CNC(=O)c2cc3cc(NC(=O)NCC(C)C)ccc3n21. The van der Waals surface area contributed by atoms with Crippen molar-refractivity contribution in [2.75, 3.05) is 25.0 Å². The predicted octanol–water partition coefficient (Wildman–Crippen LogP) is 2.23. The maximum Gasteiger partial charge on any atom is 0.319 e. The fourth-order valence-electron chi connectivity index (χ4n) is 3.39. The molecule has 0 bridgehead atoms. The zero-order valence-electron chi connectivity index (χ0n) is 16.5. The van der Waals surface area contributed by atoms with Gasteiger partial charge in [0.1, 0.15) is 5.69 Å². The van der Waals surface area contributed by atoms with Gasteiger partial charge < -0.3 is 25.8 Å². The van der Waals surface area contributed by atoms with Crippen LogP contribution in [0.4, 0.5) is 10.5 Å². The van der Waals surface area contributed by atoms with Crippen molar-refractivity contribution in [3.8, 4) is 0 Å². The number of urea groups is 1. The Hall–Kier alpha value is -3.03. The molecule has 0 fully saturated rings. The monoisotopic (exact) mass is 385 g/mol. The fraction of sp³-hybridized carbons (Fsp3) is 0.450. The van der Waals surface area contributed by atoms with Crippen molar-refractivity contribution >= 4 is 34.4 Å². The van der Waals surface area contributed by atoms with Crippen LogP contribution in [0.5, 0.6) is 0 Å². The maximum atomic E-state index is 12.3. The lowest BCUT2D eigenvalue weighted by Crippen LogP contribution is -2.40. The molecule has 2 heterocycles. The molecule has 0 saturated carbocycles. The van der Waals surface area contributed by atoms with Gasteiger partial charge in [0.25, 0.3) is 5.91 Å². The van der Waals surface area contributed by atoms with Crippen LogP contribution in [0.15, 0.2) is 24.3 Å². The van der Waals surface area contributed by atoms with E-state index in [9.17, 15) is 14.4 Å². The summed E-state index contributed by atoms with van der Waals surface area (Å²) in [6, 6.07) is 6.91. The molecular formula is C20H27N5O3. The standard InChI is InChI=1S/C20H27N5O3/c1-4-21-18(26)9-15-11-22-19(27)17-8-13-7-14(5-6-16(13)25(15)17)24-20(28)23-10-12(2)3/h5-8,12,15H,4,9-11H2,1-3H3,(H,21,26)(H,22,27)(H2,23,24,28). The van der Waals surface area contributed by atoms with Crippen LogP contribution in [-0.2, 0) is 4.79 Å². The largest absolute Gasteiger partial charge is 0.356 e. The molecular weight excluding hydrogens is 358 g/mol. The zero-order valence-corrected chi connectivity index (χ0v) is 16.5. The number of rotatable bonds is 6. The number of carbonyl (C=O) groups excluding carboxylic acids is 3. The van der Waals surface area contributed by atoms with E-state index in [1.54, 1.807) is 12.1 Å². The Labute approximate surface area is 164 Å². The molecule has 0 saturated heterocycles. The van der Waals surface area contributed by atoms with Crippen molar-refractivity contribution in [3.63, 3.8) is 0 Å². The summed E-state index contributed by atoms with van der Waals surface area (Å²) in [5.74, 6) is 0.163. The van der Waals surface area contributed by atoms with E-state index < -0.39 is 0 Å². The molecule has 0 spiro atoms. The highest BCUT2D eigenvalue weighted by atomic mass is 16.2. The highest BCUT2D eigenvalue weighted by Gasteiger charge is 2.28. The summed E-state index contributed by atoms with van der Waals surface area (Å²) < 4.78 is 1.92. The van der Waals surface area contributed by atoms with Crippen LogP contribution < -0.4 is 21.3 Å². The fourth-order valence-corrected chi connectivity index (χ4v) is 3.39. The summed E-state index contributed by atoms with van der Waals surface area (Å²) in [4.78, 5) is 36.4. The number of benzene rings is 1. The Balaban J connectivity index is 1.85. The lowest BCUT2D eigenvalue weighted by molar-refractivity contribution is -0.121. The number of fused-ring (bicyclic) bond motifs is 3. The molecule has 0 radical (unpaired) electrons. The lowest BCUT2D eigenvalue weighted by Gasteiger charge is -2.27. The van der Waals surface area contributed by atoms with Crippen molar-refractivity contribution in [3.05, 3.63) is 30.0 Å². The van der Waals surface area contributed by atoms with E-state index in [2.05, 4.69) is 21.3 Å². The minimum Gasteiger partial charge on any atom is -0.356 e. The molecule has 1 aromatic carbocycles. The van der Waals surface area contributed by atoms with Gasteiger partial charge >= 0.3 is 6.03 Å². The van der Waals surface area contributed by atoms with Crippen LogP contribution in [0.25, 0.3) is 10.9 Å². The average molecular weight is 385 g/mol. The summed E-state index contributed by atoms with van der Waals surface area (Å²) in [5, 5.41) is 12.1. The minimum atomic E-state index is -0.260. The lowest BCUT2D eigenvalue weighted by atomic mass is 10.1. The Morgan fingerprint density at radius 2 is 2.04 bits per heavy atom. The third kappa shape index (κ3) is 4.27. The number of amides is 4. The van der Waals surface area contributed by atoms with Gasteiger partial charge in [0, 0.05) is 42.6 Å². The second-order valence-electron chi connectivity index (χ2n) is 7.42. The zero-order chi connectivity index (χ0) is 20.3. The van der Waals surface area contributed by atoms with Crippen LogP contribution >= 0.6 is 0 Å². The van der Waals surface area contributed by atoms with Gasteiger partial charge in [-0.3, -0.25) is 9.59 Å². The van der Waals surface area contributed by atoms with Crippen molar-refractivity contribution in [2.45, 2.75) is 33.2 Å². The summed E-state index contributed by atoms with van der Waals surface area (Å²) in [5.41, 5.74) is 2.04. The first-order valence-electron chi connectivity index (χ1n) is 9.63. The van der Waals surface area contributed by atoms with Crippen LogP contribution in [0.2, 0.25) is 0 Å². The maximum absolute atomic E-state index is 12.3. The van der Waals surface area contributed by atoms with Crippen LogP contribution in [-0.4, -0.2) is 42.0 Å². The van der Waals surface area contributed by atoms with Crippen LogP contribution in [0.1, 0.15) is 43.7 Å². The van der Waals surface area contributed by atoms with Crippen molar-refractivity contribution in [1.29, 1.82) is 0 Å². The highest BCUT2D eigenvalue weighted by molar-refractivity contribution is 6.01. The second-order valence-corrected chi connectivity index (χ2v) is 7.42. The predicted molar refractivity (Wildman–Crippen MR) is 108 cm³/mol. The molecule has 150 valence electrons. The first-order valence-corrected chi connectivity index (χ1v) is 9.63. The molecule has 8 heteroatoms. The number of anilines is 1. The number of nitrogens with zero attached hydrogens (tertiary/aromatic N) is 1. The van der Waals surface area contributed by atoms with Crippen molar-refractivity contribution < 1.29 is 14.4 Å². The Kier molecular flexibility index (Phi) is 5.87. The van der Waals surface area contributed by atoms with E-state index in [1.807, 2.05) is 37.5 Å².